The molecule has 0 bridgehead atoms. The molecule has 1 atom stereocenters. The molecule has 0 aliphatic carbocycles. The standard InChI is InChI=1S/C17H21N3O/c1-3-13(2)15-6-8-16(9-7-15)20-17(21)19-12-14-5-4-10-18-11-14/h4-11,13H,3,12H2,1-2H3,(H2,19,20,21). The highest BCUT2D eigenvalue weighted by Crippen LogP contribution is 2.20. The van der Waals surface area contributed by atoms with Gasteiger partial charge in [-0.2, -0.15) is 0 Å². The Morgan fingerprint density at radius 3 is 2.62 bits per heavy atom. The lowest BCUT2D eigenvalue weighted by Gasteiger charge is -2.11. The van der Waals surface area contributed by atoms with Gasteiger partial charge in [-0.05, 0) is 41.7 Å². The molecule has 110 valence electrons. The summed E-state index contributed by atoms with van der Waals surface area (Å²) in [5.74, 6) is 0.540. The van der Waals surface area contributed by atoms with Gasteiger partial charge in [0.1, 0.15) is 0 Å². The van der Waals surface area contributed by atoms with Crippen molar-refractivity contribution in [2.45, 2.75) is 32.7 Å². The second-order valence-corrected chi connectivity index (χ2v) is 5.10. The highest BCUT2D eigenvalue weighted by atomic mass is 16.2. The van der Waals surface area contributed by atoms with E-state index in [1.807, 2.05) is 24.3 Å². The van der Waals surface area contributed by atoms with Crippen molar-refractivity contribution in [3.8, 4) is 0 Å². The van der Waals surface area contributed by atoms with Crippen molar-refractivity contribution in [2.75, 3.05) is 5.32 Å². The molecule has 0 saturated carbocycles. The zero-order chi connectivity index (χ0) is 15.1. The fourth-order valence-electron chi connectivity index (χ4n) is 1.99. The number of carbonyl (C=O) groups is 1. The molecule has 21 heavy (non-hydrogen) atoms. The molecular weight excluding hydrogens is 262 g/mol. The van der Waals surface area contributed by atoms with Crippen molar-refractivity contribution in [3.63, 3.8) is 0 Å². The van der Waals surface area contributed by atoms with Gasteiger partial charge >= 0.3 is 6.03 Å². The number of hydrogen-bond acceptors (Lipinski definition) is 2. The quantitative estimate of drug-likeness (QED) is 0.874. The van der Waals surface area contributed by atoms with Crippen LogP contribution in [0.4, 0.5) is 10.5 Å². The molecule has 2 rings (SSSR count). The Kier molecular flexibility index (Phi) is 5.32. The maximum Gasteiger partial charge on any atom is 0.319 e. The average Bonchev–Trinajstić information content (AvgIpc) is 2.54. The summed E-state index contributed by atoms with van der Waals surface area (Å²) in [6.45, 7) is 4.83. The van der Waals surface area contributed by atoms with Gasteiger partial charge in [-0.15, -0.1) is 0 Å². The van der Waals surface area contributed by atoms with Crippen molar-refractivity contribution in [1.29, 1.82) is 0 Å². The lowest BCUT2D eigenvalue weighted by Crippen LogP contribution is -2.28. The van der Waals surface area contributed by atoms with Gasteiger partial charge in [0.2, 0.25) is 0 Å². The van der Waals surface area contributed by atoms with Gasteiger partial charge in [0.15, 0.2) is 0 Å². The smallest absolute Gasteiger partial charge is 0.319 e. The Bertz CT molecular complexity index is 566. The molecule has 2 aromatic rings. The van der Waals surface area contributed by atoms with Crippen LogP contribution in [-0.2, 0) is 6.54 Å². The number of rotatable bonds is 5. The van der Waals surface area contributed by atoms with Crippen molar-refractivity contribution >= 4 is 11.7 Å². The first-order valence-electron chi connectivity index (χ1n) is 7.22. The van der Waals surface area contributed by atoms with Crippen LogP contribution in [0.3, 0.4) is 0 Å². The molecule has 0 radical (unpaired) electrons. The van der Waals surface area contributed by atoms with Gasteiger partial charge in [-0.3, -0.25) is 4.98 Å². The second kappa shape index (κ2) is 7.43. The molecule has 0 saturated heterocycles. The summed E-state index contributed by atoms with van der Waals surface area (Å²) in [7, 11) is 0. The van der Waals surface area contributed by atoms with E-state index in [2.05, 4.69) is 41.6 Å². The first kappa shape index (κ1) is 15.0. The topological polar surface area (TPSA) is 54.0 Å². The summed E-state index contributed by atoms with van der Waals surface area (Å²) < 4.78 is 0. The van der Waals surface area contributed by atoms with Gasteiger partial charge in [-0.1, -0.05) is 32.0 Å². The van der Waals surface area contributed by atoms with E-state index in [0.717, 1.165) is 17.7 Å². The minimum atomic E-state index is -0.213. The first-order chi connectivity index (χ1) is 10.2. The monoisotopic (exact) mass is 283 g/mol. The number of pyridine rings is 1. The van der Waals surface area contributed by atoms with Crippen molar-refractivity contribution < 1.29 is 4.79 Å². The fourth-order valence-corrected chi connectivity index (χ4v) is 1.99. The molecule has 0 aliphatic rings. The number of benzene rings is 1. The summed E-state index contributed by atoms with van der Waals surface area (Å²) in [6, 6.07) is 11.6. The zero-order valence-corrected chi connectivity index (χ0v) is 12.5. The third-order valence-corrected chi connectivity index (χ3v) is 3.53. The minimum absolute atomic E-state index is 0.213. The fraction of sp³-hybridized carbons (Fsp3) is 0.294. The minimum Gasteiger partial charge on any atom is -0.334 e. The van der Waals surface area contributed by atoms with Crippen LogP contribution in [0.2, 0.25) is 0 Å². The predicted molar refractivity (Wildman–Crippen MR) is 85.2 cm³/mol. The summed E-state index contributed by atoms with van der Waals surface area (Å²) in [5.41, 5.74) is 3.06. The molecule has 0 spiro atoms. The van der Waals surface area contributed by atoms with Crippen LogP contribution in [0.25, 0.3) is 0 Å². The van der Waals surface area contributed by atoms with E-state index in [0.29, 0.717) is 12.5 Å². The molecule has 4 heteroatoms. The number of amides is 2. The Labute approximate surface area is 125 Å². The molecular formula is C17H21N3O. The molecule has 2 N–H and O–H groups in total. The van der Waals surface area contributed by atoms with Gasteiger partial charge in [0, 0.05) is 24.6 Å². The van der Waals surface area contributed by atoms with E-state index in [1.54, 1.807) is 12.4 Å². The maximum atomic E-state index is 11.8. The second-order valence-electron chi connectivity index (χ2n) is 5.10. The number of aromatic nitrogens is 1. The van der Waals surface area contributed by atoms with E-state index in [4.69, 9.17) is 0 Å². The van der Waals surface area contributed by atoms with Gasteiger partial charge in [0.25, 0.3) is 0 Å². The molecule has 0 fully saturated rings. The number of nitrogens with one attached hydrogen (secondary N) is 2. The van der Waals surface area contributed by atoms with Gasteiger partial charge in [-0.25, -0.2) is 4.79 Å². The highest BCUT2D eigenvalue weighted by molar-refractivity contribution is 5.89. The Hall–Kier alpha value is -2.36. The van der Waals surface area contributed by atoms with Crippen LogP contribution in [0.1, 0.15) is 37.3 Å². The SMILES string of the molecule is CCC(C)c1ccc(NC(=O)NCc2cccnc2)cc1. The van der Waals surface area contributed by atoms with Crippen LogP contribution in [-0.4, -0.2) is 11.0 Å². The van der Waals surface area contributed by atoms with Crippen LogP contribution in [0.15, 0.2) is 48.8 Å². The third kappa shape index (κ3) is 4.60. The first-order valence-corrected chi connectivity index (χ1v) is 7.22. The van der Waals surface area contributed by atoms with Crippen molar-refractivity contribution in [2.24, 2.45) is 0 Å². The Balaban J connectivity index is 1.85. The normalized spacial score (nSPS) is 11.7. The lowest BCUT2D eigenvalue weighted by molar-refractivity contribution is 0.251. The summed E-state index contributed by atoms with van der Waals surface area (Å²) in [5, 5.41) is 5.63. The average molecular weight is 283 g/mol. The summed E-state index contributed by atoms with van der Waals surface area (Å²) in [6.07, 6.45) is 4.56. The number of hydrogen-bond donors (Lipinski definition) is 2. The maximum absolute atomic E-state index is 11.8. The molecule has 1 aromatic carbocycles. The zero-order valence-electron chi connectivity index (χ0n) is 12.5. The van der Waals surface area contributed by atoms with Gasteiger partial charge < -0.3 is 10.6 Å². The van der Waals surface area contributed by atoms with Crippen LogP contribution in [0, 0.1) is 0 Å². The Morgan fingerprint density at radius 1 is 1.24 bits per heavy atom. The summed E-state index contributed by atoms with van der Waals surface area (Å²) >= 11 is 0. The van der Waals surface area contributed by atoms with E-state index >= 15 is 0 Å². The largest absolute Gasteiger partial charge is 0.334 e. The molecule has 1 heterocycles. The Morgan fingerprint density at radius 2 is 2.00 bits per heavy atom. The molecule has 1 aromatic heterocycles. The third-order valence-electron chi connectivity index (χ3n) is 3.53. The van der Waals surface area contributed by atoms with Gasteiger partial charge in [0.05, 0.1) is 0 Å². The van der Waals surface area contributed by atoms with Crippen LogP contribution in [0.5, 0.6) is 0 Å². The van der Waals surface area contributed by atoms with E-state index in [1.165, 1.54) is 5.56 Å². The molecule has 4 nitrogen and oxygen atoms in total. The molecule has 2 amide bonds. The predicted octanol–water partition coefficient (Wildman–Crippen LogP) is 3.92. The van der Waals surface area contributed by atoms with Crippen LogP contribution < -0.4 is 10.6 Å². The highest BCUT2D eigenvalue weighted by Gasteiger charge is 2.04. The van der Waals surface area contributed by atoms with Crippen LogP contribution >= 0.6 is 0 Å². The van der Waals surface area contributed by atoms with Crippen molar-refractivity contribution in [3.05, 3.63) is 59.9 Å². The number of nitrogens with zero attached hydrogens (tertiary/aromatic N) is 1. The van der Waals surface area contributed by atoms with Crippen molar-refractivity contribution in [1.82, 2.24) is 10.3 Å². The van der Waals surface area contributed by atoms with E-state index < -0.39 is 0 Å². The molecule has 0 aliphatic heterocycles. The van der Waals surface area contributed by atoms with E-state index in [9.17, 15) is 4.79 Å². The summed E-state index contributed by atoms with van der Waals surface area (Å²) in [4.78, 5) is 15.8. The lowest BCUT2D eigenvalue weighted by atomic mass is 9.99. The number of anilines is 1. The van der Waals surface area contributed by atoms with E-state index in [-0.39, 0.29) is 6.03 Å². The number of urea groups is 1. The molecule has 1 unspecified atom stereocenters. The number of carbonyl (C=O) groups excluding carboxylic acids is 1.